The van der Waals surface area contributed by atoms with Crippen molar-refractivity contribution < 1.29 is 22.7 Å². The van der Waals surface area contributed by atoms with Crippen molar-refractivity contribution in [2.45, 2.75) is 63.1 Å². The zero-order chi connectivity index (χ0) is 31.1. The van der Waals surface area contributed by atoms with Gasteiger partial charge in [0, 0.05) is 33.2 Å². The van der Waals surface area contributed by atoms with Crippen LogP contribution in [-0.4, -0.2) is 50.4 Å². The standard InChI is InChI=1S/C31H34Cl3N3O5S/c1-3-42-29-14-7-6-13-28(29)37(43(40,41)24-17-15-22(32)16-18-24)20-30(38)36(19-25-26(33)11-8-12-27(25)34)21(2)31(39)35-23-9-4-5-10-23/h6-8,11-18,21,23H,3-5,9-10,19-20H2,1-2H3,(H,35,39)/t21-/m0/s1. The number of rotatable bonds is 12. The van der Waals surface area contributed by atoms with Crippen molar-refractivity contribution in [2.24, 2.45) is 0 Å². The highest BCUT2D eigenvalue weighted by Crippen LogP contribution is 2.34. The normalized spacial score (nSPS) is 14.3. The molecule has 0 bridgehead atoms. The van der Waals surface area contributed by atoms with Crippen molar-refractivity contribution in [2.75, 3.05) is 17.5 Å². The van der Waals surface area contributed by atoms with E-state index in [0.717, 1.165) is 30.0 Å². The molecule has 12 heteroatoms. The summed E-state index contributed by atoms with van der Waals surface area (Å²) in [5, 5.41) is 4.04. The number of nitrogens with one attached hydrogen (secondary N) is 1. The molecule has 3 aromatic carbocycles. The number of amides is 2. The molecule has 2 amide bonds. The molecule has 1 aliphatic carbocycles. The lowest BCUT2D eigenvalue weighted by Crippen LogP contribution is -2.52. The summed E-state index contributed by atoms with van der Waals surface area (Å²) in [6.45, 7) is 2.92. The molecule has 0 aliphatic heterocycles. The van der Waals surface area contributed by atoms with Gasteiger partial charge in [0.2, 0.25) is 11.8 Å². The molecule has 0 heterocycles. The molecule has 230 valence electrons. The summed E-state index contributed by atoms with van der Waals surface area (Å²) in [7, 11) is -4.30. The van der Waals surface area contributed by atoms with E-state index in [2.05, 4.69) is 5.32 Å². The molecule has 1 atom stereocenters. The Morgan fingerprint density at radius 3 is 2.21 bits per heavy atom. The average Bonchev–Trinajstić information content (AvgIpc) is 3.49. The van der Waals surface area contributed by atoms with Crippen LogP contribution in [0, 0.1) is 0 Å². The second-order valence-electron chi connectivity index (χ2n) is 10.3. The Balaban J connectivity index is 1.75. The van der Waals surface area contributed by atoms with Gasteiger partial charge in [-0.25, -0.2) is 8.42 Å². The van der Waals surface area contributed by atoms with E-state index in [1.807, 2.05) is 0 Å². The van der Waals surface area contributed by atoms with Crippen LogP contribution in [0.2, 0.25) is 15.1 Å². The third-order valence-corrected chi connectivity index (χ3v) is 10.1. The van der Waals surface area contributed by atoms with Gasteiger partial charge in [0.05, 0.1) is 17.2 Å². The minimum absolute atomic E-state index is 0.0238. The smallest absolute Gasteiger partial charge is 0.264 e. The highest BCUT2D eigenvalue weighted by atomic mass is 35.5. The van der Waals surface area contributed by atoms with E-state index in [1.54, 1.807) is 56.3 Å². The van der Waals surface area contributed by atoms with Gasteiger partial charge in [0.15, 0.2) is 0 Å². The van der Waals surface area contributed by atoms with Gasteiger partial charge in [0.25, 0.3) is 10.0 Å². The first-order valence-corrected chi connectivity index (χ1v) is 16.6. The number of benzene rings is 3. The Hall–Kier alpha value is -2.98. The number of carbonyl (C=O) groups excluding carboxylic acids is 2. The van der Waals surface area contributed by atoms with Crippen LogP contribution >= 0.6 is 34.8 Å². The first-order valence-electron chi connectivity index (χ1n) is 14.1. The Labute approximate surface area is 267 Å². The number of carbonyl (C=O) groups is 2. The molecule has 4 rings (SSSR count). The number of sulfonamides is 1. The highest BCUT2D eigenvalue weighted by molar-refractivity contribution is 7.92. The van der Waals surface area contributed by atoms with Crippen molar-refractivity contribution in [3.8, 4) is 5.75 Å². The zero-order valence-electron chi connectivity index (χ0n) is 23.9. The van der Waals surface area contributed by atoms with E-state index in [4.69, 9.17) is 39.5 Å². The number of halogens is 3. The zero-order valence-corrected chi connectivity index (χ0v) is 27.0. The van der Waals surface area contributed by atoms with Crippen LogP contribution in [0.1, 0.15) is 45.1 Å². The molecule has 3 aromatic rings. The van der Waals surface area contributed by atoms with Crippen molar-refractivity contribution in [3.63, 3.8) is 0 Å². The average molecular weight is 667 g/mol. The first kappa shape index (κ1) is 32.9. The van der Waals surface area contributed by atoms with Gasteiger partial charge in [-0.15, -0.1) is 0 Å². The largest absolute Gasteiger partial charge is 0.492 e. The van der Waals surface area contributed by atoms with Crippen LogP contribution in [-0.2, 0) is 26.2 Å². The van der Waals surface area contributed by atoms with Gasteiger partial charge in [-0.2, -0.15) is 0 Å². The molecule has 1 fully saturated rings. The highest BCUT2D eigenvalue weighted by Gasteiger charge is 2.35. The fourth-order valence-electron chi connectivity index (χ4n) is 5.02. The van der Waals surface area contributed by atoms with E-state index in [1.165, 1.54) is 29.2 Å². The maximum Gasteiger partial charge on any atom is 0.264 e. The number of hydrogen-bond donors (Lipinski definition) is 1. The third kappa shape index (κ3) is 7.95. The maximum atomic E-state index is 14.2. The van der Waals surface area contributed by atoms with Crippen molar-refractivity contribution in [3.05, 3.63) is 87.4 Å². The predicted octanol–water partition coefficient (Wildman–Crippen LogP) is 6.72. The van der Waals surface area contributed by atoms with Gasteiger partial charge in [-0.1, -0.05) is 65.8 Å². The van der Waals surface area contributed by atoms with Gasteiger partial charge in [0.1, 0.15) is 18.3 Å². The van der Waals surface area contributed by atoms with Crippen molar-refractivity contribution in [1.29, 1.82) is 0 Å². The van der Waals surface area contributed by atoms with Crippen LogP contribution in [0.25, 0.3) is 0 Å². The van der Waals surface area contributed by atoms with E-state index >= 15 is 0 Å². The summed E-state index contributed by atoms with van der Waals surface area (Å²) in [5.74, 6) is -0.692. The second-order valence-corrected chi connectivity index (χ2v) is 13.4. The summed E-state index contributed by atoms with van der Waals surface area (Å²) >= 11 is 19.0. The van der Waals surface area contributed by atoms with E-state index in [9.17, 15) is 18.0 Å². The second kappa shape index (κ2) is 14.7. The maximum absolute atomic E-state index is 14.2. The SMILES string of the molecule is CCOc1ccccc1N(CC(=O)N(Cc1c(Cl)cccc1Cl)[C@@H](C)C(=O)NC1CCCC1)S(=O)(=O)c1ccc(Cl)cc1. The fourth-order valence-corrected chi connectivity index (χ4v) is 7.08. The van der Waals surface area contributed by atoms with E-state index < -0.39 is 28.5 Å². The molecule has 8 nitrogen and oxygen atoms in total. The fraction of sp³-hybridized carbons (Fsp3) is 0.355. The molecule has 0 unspecified atom stereocenters. The molecule has 0 saturated heterocycles. The lowest BCUT2D eigenvalue weighted by molar-refractivity contribution is -0.139. The van der Waals surface area contributed by atoms with Gasteiger partial charge in [-0.3, -0.25) is 13.9 Å². The summed E-state index contributed by atoms with van der Waals surface area (Å²) in [4.78, 5) is 28.9. The Morgan fingerprint density at radius 2 is 1.58 bits per heavy atom. The van der Waals surface area contributed by atoms with Gasteiger partial charge in [-0.05, 0) is 75.2 Å². The molecule has 1 saturated carbocycles. The number of ether oxygens (including phenoxy) is 1. The lowest BCUT2D eigenvalue weighted by Gasteiger charge is -2.33. The van der Waals surface area contributed by atoms with E-state index in [-0.39, 0.29) is 41.4 Å². The van der Waals surface area contributed by atoms with Crippen LogP contribution in [0.3, 0.4) is 0 Å². The van der Waals surface area contributed by atoms with Gasteiger partial charge >= 0.3 is 0 Å². The number of para-hydroxylation sites is 2. The van der Waals surface area contributed by atoms with E-state index in [0.29, 0.717) is 20.6 Å². The quantitative estimate of drug-likeness (QED) is 0.232. The topological polar surface area (TPSA) is 96.0 Å². The molecule has 0 spiro atoms. The van der Waals surface area contributed by atoms with Gasteiger partial charge < -0.3 is 15.0 Å². The predicted molar refractivity (Wildman–Crippen MR) is 170 cm³/mol. The lowest BCUT2D eigenvalue weighted by atomic mass is 10.1. The summed E-state index contributed by atoms with van der Waals surface area (Å²) in [6, 6.07) is 16.3. The van der Waals surface area contributed by atoms with Crippen LogP contribution in [0.4, 0.5) is 5.69 Å². The molecule has 1 aliphatic rings. The van der Waals surface area contributed by atoms with Crippen LogP contribution < -0.4 is 14.4 Å². The Morgan fingerprint density at radius 1 is 0.953 bits per heavy atom. The van der Waals surface area contributed by atoms with Crippen molar-refractivity contribution in [1.82, 2.24) is 10.2 Å². The molecule has 43 heavy (non-hydrogen) atoms. The number of anilines is 1. The summed E-state index contributed by atoms with van der Waals surface area (Å²) in [6.07, 6.45) is 3.77. The first-order chi connectivity index (χ1) is 20.5. The van der Waals surface area contributed by atoms with Crippen molar-refractivity contribution >= 4 is 62.3 Å². The number of nitrogens with zero attached hydrogens (tertiary/aromatic N) is 2. The minimum Gasteiger partial charge on any atom is -0.492 e. The molecule has 0 aromatic heterocycles. The van der Waals surface area contributed by atoms with Crippen LogP contribution in [0.5, 0.6) is 5.75 Å². The molecular formula is C31H34Cl3N3O5S. The summed E-state index contributed by atoms with van der Waals surface area (Å²) < 4.78 is 34.9. The molecule has 1 N–H and O–H groups in total. The number of hydrogen-bond acceptors (Lipinski definition) is 5. The summed E-state index contributed by atoms with van der Waals surface area (Å²) in [5.41, 5.74) is 0.618. The van der Waals surface area contributed by atoms with Crippen LogP contribution in [0.15, 0.2) is 71.6 Å². The molecular weight excluding hydrogens is 633 g/mol. The Bertz CT molecular complexity index is 1530. The molecule has 0 radical (unpaired) electrons. The monoisotopic (exact) mass is 665 g/mol. The minimum atomic E-state index is -4.30. The third-order valence-electron chi connectivity index (χ3n) is 7.37. The Kier molecular flexibility index (Phi) is 11.2.